The van der Waals surface area contributed by atoms with E-state index in [1.807, 2.05) is 0 Å². The molecule has 1 aliphatic rings. The molecule has 3 heteroatoms. The molecule has 1 heterocycles. The molecule has 1 saturated heterocycles. The Bertz CT molecular complexity index is 368. The number of hydrogen-bond acceptors (Lipinski definition) is 2. The quantitative estimate of drug-likeness (QED) is 0.896. The molecule has 16 heavy (non-hydrogen) atoms. The Kier molecular flexibility index (Phi) is 3.55. The van der Waals surface area contributed by atoms with Crippen LogP contribution in [0.2, 0.25) is 0 Å². The first-order valence-corrected chi connectivity index (χ1v) is 6.58. The Hall–Kier alpha value is -0.540. The average molecular weight is 283 g/mol. The van der Waals surface area contributed by atoms with Crippen LogP contribution in [0.5, 0.6) is 0 Å². The number of likely N-dealkylation sites (N-methyl/N-ethyl adjacent to an activating group) is 1. The van der Waals surface area contributed by atoms with Crippen LogP contribution >= 0.6 is 15.9 Å². The largest absolute Gasteiger partial charge is 0.381 e. The fraction of sp³-hybridized carbons (Fsp3) is 0.538. The van der Waals surface area contributed by atoms with E-state index in [1.54, 1.807) is 0 Å². The summed E-state index contributed by atoms with van der Waals surface area (Å²) >= 11 is 3.57. The fourth-order valence-corrected chi connectivity index (χ4v) is 2.60. The van der Waals surface area contributed by atoms with Crippen LogP contribution in [0.1, 0.15) is 18.9 Å². The van der Waals surface area contributed by atoms with E-state index in [1.165, 1.54) is 22.1 Å². The standard InChI is InChI=1S/C13H19BrN2/c1-9-4-5-11(7-13(9)14)15-12-6-10(2)16(3)8-12/h4-5,7,10,12,15H,6,8H2,1-3H3. The number of likely N-dealkylation sites (tertiary alicyclic amines) is 1. The first-order valence-electron chi connectivity index (χ1n) is 5.79. The second-order valence-corrected chi connectivity index (χ2v) is 5.68. The van der Waals surface area contributed by atoms with Gasteiger partial charge in [0.25, 0.3) is 0 Å². The minimum absolute atomic E-state index is 0.578. The van der Waals surface area contributed by atoms with Gasteiger partial charge in [-0.1, -0.05) is 22.0 Å². The smallest absolute Gasteiger partial charge is 0.0403 e. The topological polar surface area (TPSA) is 15.3 Å². The van der Waals surface area contributed by atoms with Gasteiger partial charge in [-0.05, 0) is 45.0 Å². The SMILES string of the molecule is Cc1ccc(NC2CC(C)N(C)C2)cc1Br. The molecule has 2 nitrogen and oxygen atoms in total. The second kappa shape index (κ2) is 4.76. The highest BCUT2D eigenvalue weighted by atomic mass is 79.9. The molecule has 0 bridgehead atoms. The van der Waals surface area contributed by atoms with Crippen LogP contribution in [0.15, 0.2) is 22.7 Å². The highest BCUT2D eigenvalue weighted by Crippen LogP contribution is 2.24. The van der Waals surface area contributed by atoms with Crippen molar-refractivity contribution in [2.75, 3.05) is 18.9 Å². The Morgan fingerprint density at radius 3 is 2.75 bits per heavy atom. The van der Waals surface area contributed by atoms with Crippen molar-refractivity contribution in [3.05, 3.63) is 28.2 Å². The molecule has 0 spiro atoms. The van der Waals surface area contributed by atoms with Gasteiger partial charge in [-0.25, -0.2) is 0 Å². The van der Waals surface area contributed by atoms with Crippen molar-refractivity contribution < 1.29 is 0 Å². The van der Waals surface area contributed by atoms with Crippen molar-refractivity contribution in [3.8, 4) is 0 Å². The molecule has 0 aliphatic carbocycles. The maximum atomic E-state index is 3.60. The molecule has 2 atom stereocenters. The van der Waals surface area contributed by atoms with Gasteiger partial charge in [0.05, 0.1) is 0 Å². The van der Waals surface area contributed by atoms with Gasteiger partial charge in [-0.15, -0.1) is 0 Å². The van der Waals surface area contributed by atoms with Crippen LogP contribution in [0.4, 0.5) is 5.69 Å². The van der Waals surface area contributed by atoms with E-state index in [-0.39, 0.29) is 0 Å². The number of nitrogens with zero attached hydrogens (tertiary/aromatic N) is 1. The number of anilines is 1. The van der Waals surface area contributed by atoms with Crippen LogP contribution in [-0.4, -0.2) is 30.6 Å². The van der Waals surface area contributed by atoms with Crippen molar-refractivity contribution >= 4 is 21.6 Å². The van der Waals surface area contributed by atoms with Crippen molar-refractivity contribution in [2.45, 2.75) is 32.4 Å². The number of nitrogens with one attached hydrogen (secondary N) is 1. The zero-order valence-corrected chi connectivity index (χ0v) is 11.7. The zero-order valence-electron chi connectivity index (χ0n) is 10.1. The van der Waals surface area contributed by atoms with Gasteiger partial charge in [-0.3, -0.25) is 0 Å². The van der Waals surface area contributed by atoms with Crippen LogP contribution in [-0.2, 0) is 0 Å². The van der Waals surface area contributed by atoms with Crippen LogP contribution < -0.4 is 5.32 Å². The molecule has 0 amide bonds. The van der Waals surface area contributed by atoms with Crippen LogP contribution in [0.3, 0.4) is 0 Å². The minimum Gasteiger partial charge on any atom is -0.381 e. The highest BCUT2D eigenvalue weighted by molar-refractivity contribution is 9.10. The van der Waals surface area contributed by atoms with Crippen molar-refractivity contribution in [1.29, 1.82) is 0 Å². The van der Waals surface area contributed by atoms with Crippen molar-refractivity contribution in [2.24, 2.45) is 0 Å². The molecule has 1 aromatic carbocycles. The van der Waals surface area contributed by atoms with E-state index in [0.29, 0.717) is 12.1 Å². The van der Waals surface area contributed by atoms with E-state index in [2.05, 4.69) is 65.2 Å². The lowest BCUT2D eigenvalue weighted by Crippen LogP contribution is -2.24. The van der Waals surface area contributed by atoms with Gasteiger partial charge in [0.2, 0.25) is 0 Å². The molecule has 0 aromatic heterocycles. The summed E-state index contributed by atoms with van der Waals surface area (Å²) in [5.74, 6) is 0. The third-order valence-corrected chi connectivity index (χ3v) is 4.28. The van der Waals surface area contributed by atoms with Crippen LogP contribution in [0, 0.1) is 6.92 Å². The molecule has 1 N–H and O–H groups in total. The van der Waals surface area contributed by atoms with E-state index in [9.17, 15) is 0 Å². The number of aryl methyl sites for hydroxylation is 1. The number of hydrogen-bond donors (Lipinski definition) is 1. The molecule has 1 fully saturated rings. The first kappa shape index (κ1) is 11.9. The van der Waals surface area contributed by atoms with E-state index in [0.717, 1.165) is 6.54 Å². The molecular formula is C13H19BrN2. The van der Waals surface area contributed by atoms with Crippen molar-refractivity contribution in [3.63, 3.8) is 0 Å². The Morgan fingerprint density at radius 2 is 2.19 bits per heavy atom. The molecule has 1 aromatic rings. The maximum Gasteiger partial charge on any atom is 0.0403 e. The summed E-state index contributed by atoms with van der Waals surface area (Å²) in [6.45, 7) is 5.53. The molecule has 88 valence electrons. The second-order valence-electron chi connectivity index (χ2n) is 4.83. The zero-order chi connectivity index (χ0) is 11.7. The Labute approximate surface area is 106 Å². The Morgan fingerprint density at radius 1 is 1.44 bits per heavy atom. The highest BCUT2D eigenvalue weighted by Gasteiger charge is 2.25. The summed E-state index contributed by atoms with van der Waals surface area (Å²) in [6, 6.07) is 7.73. The van der Waals surface area contributed by atoms with Gasteiger partial charge in [-0.2, -0.15) is 0 Å². The number of rotatable bonds is 2. The molecule has 2 unspecified atom stereocenters. The van der Waals surface area contributed by atoms with Gasteiger partial charge in [0.15, 0.2) is 0 Å². The molecule has 0 saturated carbocycles. The fourth-order valence-electron chi connectivity index (χ4n) is 2.22. The summed E-state index contributed by atoms with van der Waals surface area (Å²) in [6.07, 6.45) is 1.22. The normalized spacial score (nSPS) is 26.0. The lowest BCUT2D eigenvalue weighted by atomic mass is 10.1. The average Bonchev–Trinajstić information content (AvgIpc) is 2.52. The molecule has 0 radical (unpaired) electrons. The third kappa shape index (κ3) is 2.58. The van der Waals surface area contributed by atoms with Crippen LogP contribution in [0.25, 0.3) is 0 Å². The predicted molar refractivity (Wildman–Crippen MR) is 73.0 cm³/mol. The maximum absolute atomic E-state index is 3.60. The molecular weight excluding hydrogens is 264 g/mol. The summed E-state index contributed by atoms with van der Waals surface area (Å²) in [5.41, 5.74) is 2.49. The molecule has 2 rings (SSSR count). The number of benzene rings is 1. The van der Waals surface area contributed by atoms with Crippen molar-refractivity contribution in [1.82, 2.24) is 4.90 Å². The lowest BCUT2D eigenvalue weighted by Gasteiger charge is -2.15. The van der Waals surface area contributed by atoms with E-state index >= 15 is 0 Å². The summed E-state index contributed by atoms with van der Waals surface area (Å²) < 4.78 is 1.18. The van der Waals surface area contributed by atoms with Gasteiger partial charge < -0.3 is 10.2 Å². The minimum atomic E-state index is 0.578. The van der Waals surface area contributed by atoms with E-state index in [4.69, 9.17) is 0 Å². The molecule has 1 aliphatic heterocycles. The third-order valence-electron chi connectivity index (χ3n) is 3.43. The summed E-state index contributed by atoms with van der Waals surface area (Å²) in [4.78, 5) is 2.40. The van der Waals surface area contributed by atoms with E-state index < -0.39 is 0 Å². The summed E-state index contributed by atoms with van der Waals surface area (Å²) in [5, 5.41) is 3.60. The monoisotopic (exact) mass is 282 g/mol. The van der Waals surface area contributed by atoms with Gasteiger partial charge in [0, 0.05) is 28.8 Å². The number of halogens is 1. The lowest BCUT2D eigenvalue weighted by molar-refractivity contribution is 0.330. The van der Waals surface area contributed by atoms with Gasteiger partial charge in [0.1, 0.15) is 0 Å². The predicted octanol–water partition coefficient (Wildman–Crippen LogP) is 3.26. The first-order chi connectivity index (χ1) is 7.56. The summed E-state index contributed by atoms with van der Waals surface area (Å²) in [7, 11) is 2.19. The Balaban J connectivity index is 2.02. The van der Waals surface area contributed by atoms with Gasteiger partial charge >= 0.3 is 0 Å².